The molecule has 10 aromatic rings. The Bertz CT molecular complexity index is 3580. The van der Waals surface area contributed by atoms with E-state index in [0.29, 0.717) is 0 Å². The van der Waals surface area contributed by atoms with Gasteiger partial charge in [-0.3, -0.25) is 0 Å². The molecule has 1 aliphatic carbocycles. The van der Waals surface area contributed by atoms with Crippen molar-refractivity contribution in [2.24, 2.45) is 0 Å². The Kier molecular flexibility index (Phi) is 12.3. The third-order valence-corrected chi connectivity index (χ3v) is 14.5. The fourth-order valence-electron chi connectivity index (χ4n) is 10.7. The van der Waals surface area contributed by atoms with Crippen molar-refractivity contribution < 1.29 is 0 Å². The van der Waals surface area contributed by atoms with Gasteiger partial charge in [0, 0.05) is 40.0 Å². The van der Waals surface area contributed by atoms with E-state index in [4.69, 9.17) is 0 Å². The van der Waals surface area contributed by atoms with Crippen LogP contribution >= 0.6 is 0 Å². The number of hydrogen-bond donors (Lipinski definition) is 0. The third-order valence-electron chi connectivity index (χ3n) is 14.5. The van der Waals surface area contributed by atoms with E-state index in [9.17, 15) is 0 Å². The Labute approximate surface area is 426 Å². The van der Waals surface area contributed by atoms with Crippen molar-refractivity contribution in [2.45, 2.75) is 64.7 Å². The van der Waals surface area contributed by atoms with Gasteiger partial charge in [0.05, 0.1) is 0 Å². The van der Waals surface area contributed by atoms with Crippen molar-refractivity contribution in [2.75, 3.05) is 9.80 Å². The van der Waals surface area contributed by atoms with Gasteiger partial charge >= 0.3 is 0 Å². The summed E-state index contributed by atoms with van der Waals surface area (Å²) in [6.45, 7) is 13.7. The molecule has 0 amide bonds. The number of benzene rings is 10. The van der Waals surface area contributed by atoms with Gasteiger partial charge in [0.15, 0.2) is 0 Å². The van der Waals surface area contributed by atoms with Crippen molar-refractivity contribution in [3.05, 3.63) is 271 Å². The third kappa shape index (κ3) is 9.17. The van der Waals surface area contributed by atoms with Crippen LogP contribution in [0, 0.1) is 0 Å². The maximum absolute atomic E-state index is 2.47. The van der Waals surface area contributed by atoms with Gasteiger partial charge < -0.3 is 9.80 Å². The Hall–Kier alpha value is -8.20. The Balaban J connectivity index is 1.21. The number of fused-ring (bicyclic) bond motifs is 2. The molecule has 0 spiro atoms. The maximum Gasteiger partial charge on any atom is 0.0468 e. The summed E-state index contributed by atoms with van der Waals surface area (Å²) in [7, 11) is 0. The second kappa shape index (κ2) is 19.2. The van der Waals surface area contributed by atoms with E-state index in [1.807, 2.05) is 0 Å². The molecule has 0 heterocycles. The second-order valence-electron chi connectivity index (χ2n) is 21.4. The quantitative estimate of drug-likeness (QED) is 0.126. The van der Waals surface area contributed by atoms with Gasteiger partial charge in [0.2, 0.25) is 0 Å². The molecule has 11 rings (SSSR count). The van der Waals surface area contributed by atoms with Gasteiger partial charge in [-0.2, -0.15) is 0 Å². The normalized spacial score (nSPS) is 13.8. The summed E-state index contributed by atoms with van der Waals surface area (Å²) < 4.78 is 0. The van der Waals surface area contributed by atoms with Gasteiger partial charge in [0.25, 0.3) is 0 Å². The molecule has 0 N–H and O–H groups in total. The molecule has 1 unspecified atom stereocenters. The molecule has 0 bridgehead atoms. The fourth-order valence-corrected chi connectivity index (χ4v) is 10.7. The monoisotopic (exact) mass is 930 g/mol. The number of para-hydroxylation sites is 2. The standard InChI is InChI=1S/C70H62N2/c1-69(2,3)55-33-37-59(38-34-55)71(57-29-15-9-16-30-57)61-41-43-63-65(47-61)67(53-27-19-25-51(45-53)49-21-11-7-12-22-49)64-44-42-62(48-66(64)68(63)54-28-20-26-52(46-54)50-23-13-8-14-24-50)72(58-31-17-10-18-32-58)60-39-35-56(36-40-60)70(4,5)6/h7-45,47-48,52H,46H2,1-6H3. The molecule has 0 fully saturated rings. The first-order valence-corrected chi connectivity index (χ1v) is 25.5. The Morgan fingerprint density at radius 3 is 1.28 bits per heavy atom. The van der Waals surface area contributed by atoms with E-state index in [2.05, 4.69) is 300 Å². The average Bonchev–Trinajstić information content (AvgIpc) is 3.41. The van der Waals surface area contributed by atoms with Crippen LogP contribution in [0.25, 0.3) is 49.4 Å². The molecule has 2 nitrogen and oxygen atoms in total. The molecule has 352 valence electrons. The average molecular weight is 931 g/mol. The molecule has 1 aliphatic rings. The lowest BCUT2D eigenvalue weighted by atomic mass is 9.80. The molecule has 0 saturated carbocycles. The number of rotatable bonds is 10. The number of hydrogen-bond acceptors (Lipinski definition) is 2. The fraction of sp³-hybridized carbons (Fsp3) is 0.143. The van der Waals surface area contributed by atoms with E-state index in [0.717, 1.165) is 40.5 Å². The van der Waals surface area contributed by atoms with Gasteiger partial charge in [0.1, 0.15) is 0 Å². The van der Waals surface area contributed by atoms with Crippen LogP contribution < -0.4 is 9.80 Å². The van der Waals surface area contributed by atoms with Crippen molar-refractivity contribution in [3.8, 4) is 22.3 Å². The minimum Gasteiger partial charge on any atom is -0.310 e. The zero-order chi connectivity index (χ0) is 49.4. The number of allylic oxidation sites excluding steroid dienone is 4. The van der Waals surface area contributed by atoms with Crippen LogP contribution in [0.3, 0.4) is 0 Å². The summed E-state index contributed by atoms with van der Waals surface area (Å²) in [6.07, 6.45) is 7.91. The lowest BCUT2D eigenvalue weighted by Crippen LogP contribution is -2.13. The highest BCUT2D eigenvalue weighted by Crippen LogP contribution is 2.49. The smallest absolute Gasteiger partial charge is 0.0468 e. The van der Waals surface area contributed by atoms with Crippen LogP contribution in [-0.4, -0.2) is 0 Å². The van der Waals surface area contributed by atoms with E-state index in [1.54, 1.807) is 0 Å². The molecule has 2 heteroatoms. The zero-order valence-corrected chi connectivity index (χ0v) is 42.4. The lowest BCUT2D eigenvalue weighted by molar-refractivity contribution is 0.590. The highest BCUT2D eigenvalue weighted by molar-refractivity contribution is 6.20. The molecule has 0 saturated heterocycles. The maximum atomic E-state index is 2.47. The second-order valence-corrected chi connectivity index (χ2v) is 21.4. The summed E-state index contributed by atoms with van der Waals surface area (Å²) in [5, 5.41) is 4.89. The van der Waals surface area contributed by atoms with E-state index >= 15 is 0 Å². The van der Waals surface area contributed by atoms with Crippen LogP contribution in [0.5, 0.6) is 0 Å². The molecular formula is C70H62N2. The predicted molar refractivity (Wildman–Crippen MR) is 310 cm³/mol. The lowest BCUT2D eigenvalue weighted by Gasteiger charge is -2.29. The Morgan fingerprint density at radius 1 is 0.347 bits per heavy atom. The number of nitrogens with zero attached hydrogens (tertiary/aromatic N) is 2. The van der Waals surface area contributed by atoms with Crippen LogP contribution in [0.2, 0.25) is 0 Å². The number of anilines is 6. The van der Waals surface area contributed by atoms with E-state index in [-0.39, 0.29) is 16.7 Å². The molecule has 0 aromatic heterocycles. The highest BCUT2D eigenvalue weighted by Gasteiger charge is 2.26. The van der Waals surface area contributed by atoms with E-state index < -0.39 is 0 Å². The molecule has 72 heavy (non-hydrogen) atoms. The summed E-state index contributed by atoms with van der Waals surface area (Å²) in [5.74, 6) is 0.243. The zero-order valence-electron chi connectivity index (χ0n) is 42.4. The first kappa shape index (κ1) is 46.2. The van der Waals surface area contributed by atoms with Gasteiger partial charge in [-0.15, -0.1) is 0 Å². The van der Waals surface area contributed by atoms with Crippen molar-refractivity contribution in [1.82, 2.24) is 0 Å². The topological polar surface area (TPSA) is 6.48 Å². The van der Waals surface area contributed by atoms with Crippen LogP contribution in [0.15, 0.2) is 249 Å². The SMILES string of the molecule is CC(C)(C)c1ccc(N(c2ccccc2)c2ccc3c(-c4cccc(-c5ccccc5)c4)c4cc(N(c5ccccc5)c5ccc(C(C)(C)C)cc5)ccc4c(C4=CC=CC(c5ccccc5)C4)c3c2)cc1. The van der Waals surface area contributed by atoms with Crippen LogP contribution in [0.4, 0.5) is 34.1 Å². The molecular weight excluding hydrogens is 869 g/mol. The molecule has 0 radical (unpaired) electrons. The minimum atomic E-state index is 0.0388. The van der Waals surface area contributed by atoms with Crippen LogP contribution in [-0.2, 0) is 10.8 Å². The van der Waals surface area contributed by atoms with Crippen molar-refractivity contribution in [3.63, 3.8) is 0 Å². The van der Waals surface area contributed by atoms with Crippen molar-refractivity contribution in [1.29, 1.82) is 0 Å². The summed E-state index contributed by atoms with van der Waals surface area (Å²) in [6, 6.07) is 85.3. The van der Waals surface area contributed by atoms with Gasteiger partial charge in [-0.05, 0) is 168 Å². The largest absolute Gasteiger partial charge is 0.310 e. The Morgan fingerprint density at radius 2 is 0.764 bits per heavy atom. The first-order valence-electron chi connectivity index (χ1n) is 25.5. The first-order chi connectivity index (χ1) is 35.0. The molecule has 0 aliphatic heterocycles. The summed E-state index contributed by atoms with van der Waals surface area (Å²) in [5.41, 5.74) is 18.1. The summed E-state index contributed by atoms with van der Waals surface area (Å²) in [4.78, 5) is 4.84. The van der Waals surface area contributed by atoms with Crippen LogP contribution in [0.1, 0.15) is 76.1 Å². The minimum absolute atomic E-state index is 0.0388. The van der Waals surface area contributed by atoms with E-state index in [1.165, 1.54) is 71.6 Å². The highest BCUT2D eigenvalue weighted by atomic mass is 15.1. The van der Waals surface area contributed by atoms with Gasteiger partial charge in [-0.1, -0.05) is 211 Å². The summed E-state index contributed by atoms with van der Waals surface area (Å²) >= 11 is 0. The van der Waals surface area contributed by atoms with Crippen molar-refractivity contribution >= 4 is 61.2 Å². The van der Waals surface area contributed by atoms with Gasteiger partial charge in [-0.25, -0.2) is 0 Å². The molecule has 1 atom stereocenters. The molecule has 10 aromatic carbocycles. The predicted octanol–water partition coefficient (Wildman–Crippen LogP) is 20.0.